The van der Waals surface area contributed by atoms with Crippen LogP contribution in [0.2, 0.25) is 0 Å². The Balaban J connectivity index is 2.55. The number of nitrogens with two attached hydrogens (primary N) is 1. The first-order chi connectivity index (χ1) is 7.76. The zero-order chi connectivity index (χ0) is 12.0. The van der Waals surface area contributed by atoms with E-state index in [1.165, 1.54) is 45.2 Å². The molecule has 1 saturated heterocycles. The highest BCUT2D eigenvalue weighted by Gasteiger charge is 2.29. The predicted octanol–water partition coefficient (Wildman–Crippen LogP) is 2.87. The summed E-state index contributed by atoms with van der Waals surface area (Å²) in [6, 6.07) is 0.652. The molecule has 0 radical (unpaired) electrons. The molecule has 16 heavy (non-hydrogen) atoms. The van der Waals surface area contributed by atoms with E-state index in [-0.39, 0.29) is 0 Å². The molecule has 1 aliphatic heterocycles. The Bertz CT molecular complexity index is 178. The minimum absolute atomic E-state index is 0.652. The molecule has 2 nitrogen and oxygen atoms in total. The lowest BCUT2D eigenvalue weighted by Gasteiger charge is -2.42. The SMILES string of the molecule is CCC(CC)CN1CCCC(CC)C1CN. The van der Waals surface area contributed by atoms with Crippen LogP contribution in [0.4, 0.5) is 0 Å². The van der Waals surface area contributed by atoms with E-state index in [2.05, 4.69) is 25.7 Å². The molecule has 1 fully saturated rings. The van der Waals surface area contributed by atoms with E-state index in [1.807, 2.05) is 0 Å². The Kier molecular flexibility index (Phi) is 6.37. The van der Waals surface area contributed by atoms with Gasteiger partial charge in [0.25, 0.3) is 0 Å². The van der Waals surface area contributed by atoms with Crippen molar-refractivity contribution in [3.63, 3.8) is 0 Å². The van der Waals surface area contributed by atoms with Gasteiger partial charge in [0.15, 0.2) is 0 Å². The summed E-state index contributed by atoms with van der Waals surface area (Å²) in [7, 11) is 0. The summed E-state index contributed by atoms with van der Waals surface area (Å²) in [6.45, 7) is 10.3. The highest BCUT2D eigenvalue weighted by Crippen LogP contribution is 2.27. The van der Waals surface area contributed by atoms with Crippen LogP contribution in [0.1, 0.15) is 52.9 Å². The van der Waals surface area contributed by atoms with E-state index in [9.17, 15) is 0 Å². The van der Waals surface area contributed by atoms with Crippen molar-refractivity contribution in [1.82, 2.24) is 4.90 Å². The molecule has 0 bridgehead atoms. The second-order valence-electron chi connectivity index (χ2n) is 5.29. The Morgan fingerprint density at radius 2 is 1.94 bits per heavy atom. The molecule has 0 aromatic heterocycles. The number of hydrogen-bond acceptors (Lipinski definition) is 2. The van der Waals surface area contributed by atoms with Crippen molar-refractivity contribution in [2.24, 2.45) is 17.6 Å². The van der Waals surface area contributed by atoms with Crippen molar-refractivity contribution in [2.45, 2.75) is 58.9 Å². The van der Waals surface area contributed by atoms with Gasteiger partial charge in [0.05, 0.1) is 0 Å². The zero-order valence-electron chi connectivity index (χ0n) is 11.4. The van der Waals surface area contributed by atoms with Gasteiger partial charge in [0.1, 0.15) is 0 Å². The molecule has 96 valence electrons. The molecule has 2 N–H and O–H groups in total. The molecule has 1 aliphatic rings. The van der Waals surface area contributed by atoms with Gasteiger partial charge in [0.2, 0.25) is 0 Å². The fourth-order valence-corrected chi connectivity index (χ4v) is 3.14. The van der Waals surface area contributed by atoms with Gasteiger partial charge in [-0.15, -0.1) is 0 Å². The van der Waals surface area contributed by atoms with E-state index in [0.717, 1.165) is 18.4 Å². The minimum atomic E-state index is 0.652. The van der Waals surface area contributed by atoms with Crippen LogP contribution in [0.25, 0.3) is 0 Å². The molecular weight excluding hydrogens is 196 g/mol. The summed E-state index contributed by atoms with van der Waals surface area (Å²) in [5, 5.41) is 0. The lowest BCUT2D eigenvalue weighted by molar-refractivity contribution is 0.0774. The largest absolute Gasteiger partial charge is 0.329 e. The smallest absolute Gasteiger partial charge is 0.0246 e. The summed E-state index contributed by atoms with van der Waals surface area (Å²) < 4.78 is 0. The average molecular weight is 226 g/mol. The molecule has 2 heteroatoms. The zero-order valence-corrected chi connectivity index (χ0v) is 11.4. The molecule has 0 aromatic rings. The molecule has 0 amide bonds. The number of rotatable bonds is 6. The summed E-state index contributed by atoms with van der Waals surface area (Å²) in [5.41, 5.74) is 5.98. The lowest BCUT2D eigenvalue weighted by atomic mass is 9.86. The summed E-state index contributed by atoms with van der Waals surface area (Å²) >= 11 is 0. The average Bonchev–Trinajstić information content (AvgIpc) is 2.35. The molecule has 2 unspecified atom stereocenters. The van der Waals surface area contributed by atoms with Gasteiger partial charge < -0.3 is 5.73 Å². The van der Waals surface area contributed by atoms with E-state index in [0.29, 0.717) is 6.04 Å². The van der Waals surface area contributed by atoms with E-state index < -0.39 is 0 Å². The van der Waals surface area contributed by atoms with E-state index >= 15 is 0 Å². The first-order valence-corrected chi connectivity index (χ1v) is 7.20. The number of piperidine rings is 1. The van der Waals surface area contributed by atoms with Crippen LogP contribution in [0.3, 0.4) is 0 Å². The van der Waals surface area contributed by atoms with Crippen LogP contribution < -0.4 is 5.73 Å². The Hall–Kier alpha value is -0.0800. The first-order valence-electron chi connectivity index (χ1n) is 7.20. The highest BCUT2D eigenvalue weighted by molar-refractivity contribution is 4.85. The maximum absolute atomic E-state index is 5.98. The van der Waals surface area contributed by atoms with Crippen molar-refractivity contribution in [1.29, 1.82) is 0 Å². The van der Waals surface area contributed by atoms with Crippen LogP contribution >= 0.6 is 0 Å². The topological polar surface area (TPSA) is 29.3 Å². The Morgan fingerprint density at radius 3 is 2.44 bits per heavy atom. The van der Waals surface area contributed by atoms with Crippen molar-refractivity contribution in [2.75, 3.05) is 19.6 Å². The van der Waals surface area contributed by atoms with Gasteiger partial charge in [-0.2, -0.15) is 0 Å². The van der Waals surface area contributed by atoms with Gasteiger partial charge >= 0.3 is 0 Å². The number of hydrogen-bond donors (Lipinski definition) is 1. The van der Waals surface area contributed by atoms with E-state index in [4.69, 9.17) is 5.73 Å². The Morgan fingerprint density at radius 1 is 1.25 bits per heavy atom. The first kappa shape index (κ1) is 14.0. The normalized spacial score (nSPS) is 27.6. The van der Waals surface area contributed by atoms with Crippen molar-refractivity contribution in [3.05, 3.63) is 0 Å². The third-order valence-corrected chi connectivity index (χ3v) is 4.45. The van der Waals surface area contributed by atoms with Gasteiger partial charge in [-0.25, -0.2) is 0 Å². The molecule has 0 spiro atoms. The second kappa shape index (κ2) is 7.29. The second-order valence-corrected chi connectivity index (χ2v) is 5.29. The standard InChI is InChI=1S/C14H30N2/c1-4-12(5-2)11-16-9-7-8-13(6-3)14(16)10-15/h12-14H,4-11,15H2,1-3H3. The lowest BCUT2D eigenvalue weighted by Crippen LogP contribution is -2.50. The molecule has 1 rings (SSSR count). The third kappa shape index (κ3) is 3.46. The Labute approximate surface area is 102 Å². The molecule has 0 saturated carbocycles. The van der Waals surface area contributed by atoms with Crippen molar-refractivity contribution in [3.8, 4) is 0 Å². The number of nitrogens with zero attached hydrogens (tertiary/aromatic N) is 1. The minimum Gasteiger partial charge on any atom is -0.329 e. The maximum Gasteiger partial charge on any atom is 0.0246 e. The van der Waals surface area contributed by atoms with Crippen LogP contribution in [0.5, 0.6) is 0 Å². The summed E-state index contributed by atoms with van der Waals surface area (Å²) in [4.78, 5) is 2.68. The highest BCUT2D eigenvalue weighted by atomic mass is 15.2. The summed E-state index contributed by atoms with van der Waals surface area (Å²) in [6.07, 6.45) is 6.66. The van der Waals surface area contributed by atoms with Crippen LogP contribution in [-0.2, 0) is 0 Å². The molecule has 2 atom stereocenters. The van der Waals surface area contributed by atoms with E-state index in [1.54, 1.807) is 0 Å². The van der Waals surface area contributed by atoms with Gasteiger partial charge in [0, 0.05) is 19.1 Å². The van der Waals surface area contributed by atoms with Crippen LogP contribution in [0.15, 0.2) is 0 Å². The molecule has 0 aromatic carbocycles. The van der Waals surface area contributed by atoms with Crippen LogP contribution in [0, 0.1) is 11.8 Å². The molecule has 1 heterocycles. The summed E-state index contributed by atoms with van der Waals surface area (Å²) in [5.74, 6) is 1.71. The molecular formula is C14H30N2. The maximum atomic E-state index is 5.98. The van der Waals surface area contributed by atoms with Crippen molar-refractivity contribution >= 4 is 0 Å². The quantitative estimate of drug-likeness (QED) is 0.754. The van der Waals surface area contributed by atoms with Crippen LogP contribution in [-0.4, -0.2) is 30.6 Å². The fraction of sp³-hybridized carbons (Fsp3) is 1.00. The monoisotopic (exact) mass is 226 g/mol. The van der Waals surface area contributed by atoms with Gasteiger partial charge in [-0.3, -0.25) is 4.90 Å². The predicted molar refractivity (Wildman–Crippen MR) is 71.5 cm³/mol. The number of likely N-dealkylation sites (tertiary alicyclic amines) is 1. The van der Waals surface area contributed by atoms with Crippen molar-refractivity contribution < 1.29 is 0 Å². The van der Waals surface area contributed by atoms with Gasteiger partial charge in [-0.1, -0.05) is 40.0 Å². The third-order valence-electron chi connectivity index (χ3n) is 4.45. The molecule has 0 aliphatic carbocycles. The fourth-order valence-electron chi connectivity index (χ4n) is 3.14. The van der Waals surface area contributed by atoms with Gasteiger partial charge in [-0.05, 0) is 31.2 Å².